The van der Waals surface area contributed by atoms with Gasteiger partial charge in [-0.25, -0.2) is 8.42 Å². The van der Waals surface area contributed by atoms with Crippen LogP contribution in [0.1, 0.15) is 10.4 Å². The Morgan fingerprint density at radius 1 is 1.15 bits per heavy atom. The molecule has 26 heavy (non-hydrogen) atoms. The van der Waals surface area contributed by atoms with Crippen molar-refractivity contribution in [1.82, 2.24) is 4.31 Å². The van der Waals surface area contributed by atoms with Gasteiger partial charge in [0.15, 0.2) is 0 Å². The van der Waals surface area contributed by atoms with E-state index in [1.807, 2.05) is 6.07 Å². The number of carbonyl (C=O) groups is 1. The van der Waals surface area contributed by atoms with E-state index in [1.54, 1.807) is 18.2 Å². The average Bonchev–Trinajstić information content (AvgIpc) is 2.62. The van der Waals surface area contributed by atoms with Crippen LogP contribution in [0.5, 0.6) is 5.75 Å². The number of aromatic hydroxyl groups is 1. The molecule has 1 aliphatic rings. The predicted octanol–water partition coefficient (Wildman–Crippen LogP) is 2.43. The largest absolute Gasteiger partial charge is 0.507 e. The first kappa shape index (κ1) is 18.8. The highest BCUT2D eigenvalue weighted by molar-refractivity contribution is 9.10. The Hall–Kier alpha value is -1.94. The molecule has 9 heteroatoms. The molecule has 2 aromatic carbocycles. The van der Waals surface area contributed by atoms with Crippen molar-refractivity contribution in [3.05, 3.63) is 52.5 Å². The average molecular weight is 441 g/mol. The summed E-state index contributed by atoms with van der Waals surface area (Å²) in [5.74, 6) is -0.891. The van der Waals surface area contributed by atoms with Crippen LogP contribution in [0.2, 0.25) is 0 Å². The number of morpholine rings is 1. The fraction of sp³-hybridized carbons (Fsp3) is 0.235. The minimum atomic E-state index is -3.76. The van der Waals surface area contributed by atoms with E-state index in [0.717, 1.165) is 4.47 Å². The summed E-state index contributed by atoms with van der Waals surface area (Å²) in [6, 6.07) is 10.6. The van der Waals surface area contributed by atoms with Crippen molar-refractivity contribution in [2.24, 2.45) is 0 Å². The van der Waals surface area contributed by atoms with Gasteiger partial charge in [0.2, 0.25) is 10.0 Å². The van der Waals surface area contributed by atoms with Gasteiger partial charge in [-0.3, -0.25) is 4.79 Å². The van der Waals surface area contributed by atoms with E-state index in [-0.39, 0.29) is 29.3 Å². The second kappa shape index (κ2) is 7.75. The molecule has 7 nitrogen and oxygen atoms in total. The van der Waals surface area contributed by atoms with Gasteiger partial charge >= 0.3 is 0 Å². The first-order valence-corrected chi connectivity index (χ1v) is 10.1. The minimum Gasteiger partial charge on any atom is -0.507 e. The molecule has 1 heterocycles. The van der Waals surface area contributed by atoms with Crippen LogP contribution in [0.25, 0.3) is 0 Å². The van der Waals surface area contributed by atoms with Crippen molar-refractivity contribution in [3.8, 4) is 5.75 Å². The van der Waals surface area contributed by atoms with Gasteiger partial charge in [-0.2, -0.15) is 4.31 Å². The number of sulfonamides is 1. The van der Waals surface area contributed by atoms with E-state index in [0.29, 0.717) is 18.9 Å². The van der Waals surface area contributed by atoms with Gasteiger partial charge in [0, 0.05) is 23.2 Å². The second-order valence-corrected chi connectivity index (χ2v) is 8.51. The number of amides is 1. The van der Waals surface area contributed by atoms with E-state index in [1.165, 1.54) is 22.5 Å². The molecule has 0 aromatic heterocycles. The molecule has 1 amide bonds. The minimum absolute atomic E-state index is 0.0448. The SMILES string of the molecule is O=C(Nc1cccc(Br)c1)c1cc(S(=O)(=O)N2CCOCC2)ccc1O. The summed E-state index contributed by atoms with van der Waals surface area (Å²) in [6.07, 6.45) is 0. The molecule has 1 aliphatic heterocycles. The fourth-order valence-corrected chi connectivity index (χ4v) is 4.39. The highest BCUT2D eigenvalue weighted by Gasteiger charge is 2.27. The molecule has 138 valence electrons. The number of phenolic OH excluding ortho intramolecular Hbond substituents is 1. The summed E-state index contributed by atoms with van der Waals surface area (Å²) in [5.41, 5.74) is 0.407. The maximum atomic E-state index is 12.7. The predicted molar refractivity (Wildman–Crippen MR) is 99.8 cm³/mol. The number of anilines is 1. The first-order valence-electron chi connectivity index (χ1n) is 7.86. The zero-order valence-corrected chi connectivity index (χ0v) is 16.1. The third kappa shape index (κ3) is 4.07. The zero-order valence-electron chi connectivity index (χ0n) is 13.7. The Morgan fingerprint density at radius 3 is 2.58 bits per heavy atom. The molecular formula is C17H17BrN2O5S. The number of carbonyl (C=O) groups excluding carboxylic acids is 1. The molecule has 0 radical (unpaired) electrons. The Kier molecular flexibility index (Phi) is 5.61. The third-order valence-electron chi connectivity index (χ3n) is 3.90. The fourth-order valence-electron chi connectivity index (χ4n) is 2.56. The summed E-state index contributed by atoms with van der Waals surface area (Å²) in [5, 5.41) is 12.7. The van der Waals surface area contributed by atoms with Crippen LogP contribution >= 0.6 is 15.9 Å². The molecular weight excluding hydrogens is 424 g/mol. The number of phenols is 1. The molecule has 2 aromatic rings. The molecule has 2 N–H and O–H groups in total. The second-order valence-electron chi connectivity index (χ2n) is 5.66. The van der Waals surface area contributed by atoms with E-state index in [4.69, 9.17) is 4.74 Å². The maximum absolute atomic E-state index is 12.7. The van der Waals surface area contributed by atoms with Crippen molar-refractivity contribution in [1.29, 1.82) is 0 Å². The number of hydrogen-bond acceptors (Lipinski definition) is 5. The molecule has 0 bridgehead atoms. The smallest absolute Gasteiger partial charge is 0.259 e. The van der Waals surface area contributed by atoms with Crippen LogP contribution < -0.4 is 5.32 Å². The highest BCUT2D eigenvalue weighted by Crippen LogP contribution is 2.25. The molecule has 1 saturated heterocycles. The molecule has 0 spiro atoms. The first-order chi connectivity index (χ1) is 12.4. The number of hydrogen-bond donors (Lipinski definition) is 2. The third-order valence-corrected chi connectivity index (χ3v) is 6.29. The Morgan fingerprint density at radius 2 is 1.88 bits per heavy atom. The zero-order chi connectivity index (χ0) is 18.7. The topological polar surface area (TPSA) is 95.9 Å². The van der Waals surface area contributed by atoms with Gasteiger partial charge in [0.25, 0.3) is 5.91 Å². The number of nitrogens with one attached hydrogen (secondary N) is 1. The van der Waals surface area contributed by atoms with E-state index >= 15 is 0 Å². The summed E-state index contributed by atoms with van der Waals surface area (Å²) in [4.78, 5) is 12.4. The molecule has 0 aliphatic carbocycles. The standard InChI is InChI=1S/C17H17BrN2O5S/c18-12-2-1-3-13(10-12)19-17(22)15-11-14(4-5-16(15)21)26(23,24)20-6-8-25-9-7-20/h1-5,10-11,21H,6-9H2,(H,19,22). The lowest BCUT2D eigenvalue weighted by atomic mass is 10.2. The van der Waals surface area contributed by atoms with Crippen molar-refractivity contribution in [2.45, 2.75) is 4.90 Å². The Bertz CT molecular complexity index is 927. The molecule has 0 saturated carbocycles. The Balaban J connectivity index is 1.88. The Labute approximate surface area is 159 Å². The van der Waals surface area contributed by atoms with Crippen molar-refractivity contribution >= 4 is 37.5 Å². The van der Waals surface area contributed by atoms with Crippen LogP contribution in [0.3, 0.4) is 0 Å². The lowest BCUT2D eigenvalue weighted by Crippen LogP contribution is -2.40. The van der Waals surface area contributed by atoms with Crippen molar-refractivity contribution < 1.29 is 23.1 Å². The maximum Gasteiger partial charge on any atom is 0.259 e. The lowest BCUT2D eigenvalue weighted by molar-refractivity contribution is 0.0730. The van der Waals surface area contributed by atoms with E-state index in [9.17, 15) is 18.3 Å². The van der Waals surface area contributed by atoms with Crippen LogP contribution in [-0.2, 0) is 14.8 Å². The van der Waals surface area contributed by atoms with Gasteiger partial charge < -0.3 is 15.2 Å². The number of benzene rings is 2. The highest BCUT2D eigenvalue weighted by atomic mass is 79.9. The van der Waals surface area contributed by atoms with E-state index in [2.05, 4.69) is 21.2 Å². The summed E-state index contributed by atoms with van der Waals surface area (Å²) >= 11 is 3.31. The van der Waals surface area contributed by atoms with Crippen LogP contribution in [-0.4, -0.2) is 50.0 Å². The van der Waals surface area contributed by atoms with Gasteiger partial charge in [0.1, 0.15) is 5.75 Å². The summed E-state index contributed by atoms with van der Waals surface area (Å²) in [6.45, 7) is 1.16. The molecule has 1 fully saturated rings. The lowest BCUT2D eigenvalue weighted by Gasteiger charge is -2.26. The molecule has 0 unspecified atom stereocenters. The summed E-state index contributed by atoms with van der Waals surface area (Å²) < 4.78 is 32.7. The molecule has 3 rings (SSSR count). The van der Waals surface area contributed by atoms with E-state index < -0.39 is 15.9 Å². The van der Waals surface area contributed by atoms with Crippen LogP contribution in [0.15, 0.2) is 51.8 Å². The van der Waals surface area contributed by atoms with Gasteiger partial charge in [-0.05, 0) is 36.4 Å². The van der Waals surface area contributed by atoms with Crippen molar-refractivity contribution in [2.75, 3.05) is 31.6 Å². The number of nitrogens with zero attached hydrogens (tertiary/aromatic N) is 1. The van der Waals surface area contributed by atoms with Crippen LogP contribution in [0, 0.1) is 0 Å². The number of rotatable bonds is 4. The monoisotopic (exact) mass is 440 g/mol. The quantitative estimate of drug-likeness (QED) is 0.760. The van der Waals surface area contributed by atoms with Gasteiger partial charge in [-0.1, -0.05) is 22.0 Å². The van der Waals surface area contributed by atoms with Crippen LogP contribution in [0.4, 0.5) is 5.69 Å². The number of ether oxygens (including phenoxy) is 1. The van der Waals surface area contributed by atoms with Gasteiger partial charge in [-0.15, -0.1) is 0 Å². The number of halogens is 1. The normalized spacial score (nSPS) is 15.6. The summed E-state index contributed by atoms with van der Waals surface area (Å²) in [7, 11) is -3.76. The van der Waals surface area contributed by atoms with Crippen molar-refractivity contribution in [3.63, 3.8) is 0 Å². The van der Waals surface area contributed by atoms with Gasteiger partial charge in [0.05, 0.1) is 23.7 Å². The molecule has 0 atom stereocenters.